The number of nitrogens with zero attached hydrogens (tertiary/aromatic N) is 1. The van der Waals surface area contributed by atoms with Crippen LogP contribution in [0.3, 0.4) is 0 Å². The van der Waals surface area contributed by atoms with Gasteiger partial charge >= 0.3 is 4.87 Å². The molecular weight excluding hydrogens is 342 g/mol. The molecule has 2 amide bonds. The highest BCUT2D eigenvalue weighted by Gasteiger charge is 2.23. The van der Waals surface area contributed by atoms with Crippen molar-refractivity contribution in [3.63, 3.8) is 0 Å². The van der Waals surface area contributed by atoms with E-state index in [1.165, 1.54) is 11.3 Å². The number of amides is 2. The Hall–Kier alpha value is -2.61. The molecule has 2 heterocycles. The van der Waals surface area contributed by atoms with Gasteiger partial charge in [0, 0.05) is 29.7 Å². The second kappa shape index (κ2) is 7.10. The summed E-state index contributed by atoms with van der Waals surface area (Å²) in [6.07, 6.45) is 0.349. The van der Waals surface area contributed by atoms with E-state index in [1.807, 2.05) is 12.3 Å². The van der Waals surface area contributed by atoms with Gasteiger partial charge in [-0.05, 0) is 38.5 Å². The molecule has 7 nitrogen and oxygen atoms in total. The minimum atomic E-state index is -0.531. The van der Waals surface area contributed by atoms with E-state index in [4.69, 9.17) is 4.74 Å². The van der Waals surface area contributed by atoms with Crippen LogP contribution in [0.4, 0.5) is 11.4 Å². The summed E-state index contributed by atoms with van der Waals surface area (Å²) in [6.45, 7) is 4.07. The summed E-state index contributed by atoms with van der Waals surface area (Å²) in [5.41, 5.74) is 2.04. The predicted molar refractivity (Wildman–Crippen MR) is 96.3 cm³/mol. The molecule has 0 spiro atoms. The van der Waals surface area contributed by atoms with Crippen LogP contribution >= 0.6 is 11.3 Å². The summed E-state index contributed by atoms with van der Waals surface area (Å²) in [6, 6.07) is 5.12. The lowest BCUT2D eigenvalue weighted by Crippen LogP contribution is -2.34. The number of carbonyl (C=O) groups excluding carboxylic acids is 2. The van der Waals surface area contributed by atoms with Gasteiger partial charge < -0.3 is 19.9 Å². The minimum Gasteiger partial charge on any atom is -0.479 e. The van der Waals surface area contributed by atoms with Crippen molar-refractivity contribution >= 4 is 34.5 Å². The Kier molecular flexibility index (Phi) is 4.89. The van der Waals surface area contributed by atoms with Crippen LogP contribution in [0.1, 0.15) is 25.5 Å². The van der Waals surface area contributed by atoms with E-state index in [0.29, 0.717) is 36.5 Å². The number of hydrogen-bond acceptors (Lipinski definition) is 5. The van der Waals surface area contributed by atoms with Crippen molar-refractivity contribution in [3.8, 4) is 5.75 Å². The quantitative estimate of drug-likeness (QED) is 0.855. The summed E-state index contributed by atoms with van der Waals surface area (Å²) in [5.74, 6) is 0.224. The number of anilines is 2. The maximum absolute atomic E-state index is 12.1. The monoisotopic (exact) mass is 361 g/mol. The first kappa shape index (κ1) is 17.2. The van der Waals surface area contributed by atoms with Crippen molar-refractivity contribution in [1.82, 2.24) is 4.57 Å². The molecule has 0 fully saturated rings. The predicted octanol–water partition coefficient (Wildman–Crippen LogP) is 2.36. The van der Waals surface area contributed by atoms with E-state index < -0.39 is 6.10 Å². The molecule has 132 valence electrons. The SMILES string of the molecule is Cc1csc(=O)n1CCCC(=O)Nc1ccc2c(c1)NC(=O)[C@H](C)O2. The molecule has 0 saturated carbocycles. The Balaban J connectivity index is 1.56. The van der Waals surface area contributed by atoms with Gasteiger partial charge in [0.1, 0.15) is 5.75 Å². The maximum atomic E-state index is 12.1. The Morgan fingerprint density at radius 3 is 2.92 bits per heavy atom. The van der Waals surface area contributed by atoms with E-state index in [-0.39, 0.29) is 16.7 Å². The van der Waals surface area contributed by atoms with Crippen LogP contribution < -0.4 is 20.2 Å². The summed E-state index contributed by atoms with van der Waals surface area (Å²) in [5, 5.41) is 7.35. The Bertz CT molecular complexity index is 871. The highest BCUT2D eigenvalue weighted by Crippen LogP contribution is 2.32. The number of ether oxygens (including phenoxy) is 1. The van der Waals surface area contributed by atoms with E-state index >= 15 is 0 Å². The highest BCUT2D eigenvalue weighted by molar-refractivity contribution is 7.07. The van der Waals surface area contributed by atoms with Crippen molar-refractivity contribution < 1.29 is 14.3 Å². The highest BCUT2D eigenvalue weighted by atomic mass is 32.1. The van der Waals surface area contributed by atoms with Crippen LogP contribution in [0.15, 0.2) is 28.4 Å². The van der Waals surface area contributed by atoms with Crippen molar-refractivity contribution in [2.45, 2.75) is 39.3 Å². The molecule has 0 aliphatic carbocycles. The fraction of sp³-hybridized carbons (Fsp3) is 0.353. The average molecular weight is 361 g/mol. The number of carbonyl (C=O) groups is 2. The van der Waals surface area contributed by atoms with Crippen LogP contribution in [-0.4, -0.2) is 22.5 Å². The van der Waals surface area contributed by atoms with Crippen molar-refractivity contribution in [2.24, 2.45) is 0 Å². The normalized spacial score (nSPS) is 15.9. The van der Waals surface area contributed by atoms with Gasteiger partial charge in [0.15, 0.2) is 6.10 Å². The first-order valence-corrected chi connectivity index (χ1v) is 8.88. The molecule has 2 aromatic rings. The van der Waals surface area contributed by atoms with Gasteiger partial charge in [0.05, 0.1) is 5.69 Å². The van der Waals surface area contributed by atoms with Crippen LogP contribution in [0, 0.1) is 6.92 Å². The smallest absolute Gasteiger partial charge is 0.307 e. The molecule has 1 aromatic carbocycles. The van der Waals surface area contributed by atoms with Gasteiger partial charge in [-0.2, -0.15) is 0 Å². The summed E-state index contributed by atoms with van der Waals surface area (Å²) < 4.78 is 7.15. The fourth-order valence-corrected chi connectivity index (χ4v) is 3.34. The zero-order chi connectivity index (χ0) is 18.0. The van der Waals surface area contributed by atoms with Crippen molar-refractivity contribution in [3.05, 3.63) is 38.9 Å². The number of rotatable bonds is 5. The van der Waals surface area contributed by atoms with Gasteiger partial charge in [-0.15, -0.1) is 0 Å². The van der Waals surface area contributed by atoms with Crippen LogP contribution in [0.5, 0.6) is 5.75 Å². The van der Waals surface area contributed by atoms with E-state index in [1.54, 1.807) is 29.7 Å². The first-order valence-electron chi connectivity index (χ1n) is 8.00. The van der Waals surface area contributed by atoms with Crippen LogP contribution in [0.25, 0.3) is 0 Å². The lowest BCUT2D eigenvalue weighted by atomic mass is 10.2. The van der Waals surface area contributed by atoms with E-state index in [2.05, 4.69) is 10.6 Å². The van der Waals surface area contributed by atoms with Gasteiger partial charge in [0.2, 0.25) is 5.91 Å². The number of benzene rings is 1. The van der Waals surface area contributed by atoms with Gasteiger partial charge in [-0.1, -0.05) is 11.3 Å². The lowest BCUT2D eigenvalue weighted by Gasteiger charge is -2.23. The number of fused-ring (bicyclic) bond motifs is 1. The number of thiazole rings is 1. The Morgan fingerprint density at radius 1 is 1.40 bits per heavy atom. The molecule has 1 atom stereocenters. The molecule has 0 radical (unpaired) electrons. The molecule has 0 unspecified atom stereocenters. The second-order valence-corrected chi connectivity index (χ2v) is 6.73. The third-order valence-corrected chi connectivity index (χ3v) is 4.84. The zero-order valence-electron chi connectivity index (χ0n) is 14.0. The Labute approximate surface area is 148 Å². The van der Waals surface area contributed by atoms with Crippen molar-refractivity contribution in [1.29, 1.82) is 0 Å². The molecule has 1 aliphatic rings. The Morgan fingerprint density at radius 2 is 2.20 bits per heavy atom. The topological polar surface area (TPSA) is 89.4 Å². The zero-order valence-corrected chi connectivity index (χ0v) is 14.8. The maximum Gasteiger partial charge on any atom is 0.307 e. The van der Waals surface area contributed by atoms with Crippen LogP contribution in [0.2, 0.25) is 0 Å². The van der Waals surface area contributed by atoms with E-state index in [0.717, 1.165) is 5.69 Å². The molecule has 8 heteroatoms. The number of hydrogen-bond donors (Lipinski definition) is 2. The largest absolute Gasteiger partial charge is 0.479 e. The third-order valence-electron chi connectivity index (χ3n) is 3.96. The van der Waals surface area contributed by atoms with Gasteiger partial charge in [-0.3, -0.25) is 14.4 Å². The standard InChI is InChI=1S/C17H19N3O4S/c1-10-9-25-17(23)20(10)7-3-4-15(21)18-12-5-6-14-13(8-12)19-16(22)11(2)24-14/h5-6,8-9,11H,3-4,7H2,1-2H3,(H,18,21)(H,19,22)/t11-/m0/s1. The van der Waals surface area contributed by atoms with Crippen LogP contribution in [-0.2, 0) is 16.1 Å². The molecule has 3 rings (SSSR count). The molecule has 1 aliphatic heterocycles. The summed E-state index contributed by atoms with van der Waals surface area (Å²) >= 11 is 1.17. The number of aromatic nitrogens is 1. The average Bonchev–Trinajstić information content (AvgIpc) is 2.88. The fourth-order valence-electron chi connectivity index (χ4n) is 2.58. The first-order chi connectivity index (χ1) is 11.9. The molecule has 2 N–H and O–H groups in total. The van der Waals surface area contributed by atoms with E-state index in [9.17, 15) is 14.4 Å². The molecular formula is C17H19N3O4S. The molecule has 25 heavy (non-hydrogen) atoms. The molecule has 0 bridgehead atoms. The van der Waals surface area contributed by atoms with Gasteiger partial charge in [-0.25, -0.2) is 0 Å². The summed E-state index contributed by atoms with van der Waals surface area (Å²) in [4.78, 5) is 35.4. The second-order valence-electron chi connectivity index (χ2n) is 5.91. The summed E-state index contributed by atoms with van der Waals surface area (Å²) in [7, 11) is 0. The lowest BCUT2D eigenvalue weighted by molar-refractivity contribution is -0.122. The number of aryl methyl sites for hydroxylation is 1. The number of nitrogens with one attached hydrogen (secondary N) is 2. The van der Waals surface area contributed by atoms with Gasteiger partial charge in [0.25, 0.3) is 5.91 Å². The molecule has 0 saturated heterocycles. The minimum absolute atomic E-state index is 0.00225. The van der Waals surface area contributed by atoms with Crippen molar-refractivity contribution in [2.75, 3.05) is 10.6 Å². The third kappa shape index (κ3) is 3.90. The molecule has 1 aromatic heterocycles.